The Balaban J connectivity index is 1.66. The van der Waals surface area contributed by atoms with Gasteiger partial charge in [0.1, 0.15) is 11.5 Å². The van der Waals surface area contributed by atoms with Crippen LogP contribution in [-0.2, 0) is 11.3 Å². The minimum Gasteiger partial charge on any atom is -0.497 e. The fourth-order valence-corrected chi connectivity index (χ4v) is 3.57. The molecule has 0 saturated heterocycles. The highest BCUT2D eigenvalue weighted by molar-refractivity contribution is 5.78. The molecule has 2 aromatic rings. The van der Waals surface area contributed by atoms with E-state index in [2.05, 4.69) is 42.3 Å². The Bertz CT molecular complexity index is 861. The molecular formula is C24H32N2O3. The predicted octanol–water partition coefficient (Wildman–Crippen LogP) is 4.16. The third kappa shape index (κ3) is 5.51. The molecule has 29 heavy (non-hydrogen) atoms. The van der Waals surface area contributed by atoms with Crippen LogP contribution in [0.3, 0.4) is 0 Å². The smallest absolute Gasteiger partial charge is 0.234 e. The summed E-state index contributed by atoms with van der Waals surface area (Å²) in [6.45, 7) is 7.28. The van der Waals surface area contributed by atoms with Crippen molar-refractivity contribution in [2.24, 2.45) is 0 Å². The first kappa shape index (κ1) is 21.2. The van der Waals surface area contributed by atoms with Gasteiger partial charge in [-0.05, 0) is 68.5 Å². The molecule has 0 heterocycles. The molecule has 156 valence electrons. The molecule has 5 heteroatoms. The fraction of sp³-hybridized carbons (Fsp3) is 0.458. The molecule has 2 aromatic carbocycles. The number of nitrogens with zero attached hydrogens (tertiary/aromatic N) is 1. The van der Waals surface area contributed by atoms with Crippen LogP contribution < -0.4 is 14.8 Å². The summed E-state index contributed by atoms with van der Waals surface area (Å²) in [6, 6.07) is 12.6. The number of amides is 1. The summed E-state index contributed by atoms with van der Waals surface area (Å²) in [5.74, 6) is 1.66. The van der Waals surface area contributed by atoms with Crippen molar-refractivity contribution in [3.63, 3.8) is 0 Å². The molecule has 1 N–H and O–H groups in total. The molecule has 0 bridgehead atoms. The van der Waals surface area contributed by atoms with Crippen LogP contribution in [0.5, 0.6) is 11.5 Å². The van der Waals surface area contributed by atoms with Crippen molar-refractivity contribution in [3.8, 4) is 11.5 Å². The molecule has 5 nitrogen and oxygen atoms in total. The van der Waals surface area contributed by atoms with Crippen molar-refractivity contribution in [2.45, 2.75) is 52.2 Å². The second-order valence-corrected chi connectivity index (χ2v) is 7.95. The van der Waals surface area contributed by atoms with Crippen molar-refractivity contribution in [1.82, 2.24) is 10.2 Å². The number of carbonyl (C=O) groups is 1. The van der Waals surface area contributed by atoms with Gasteiger partial charge in [0.25, 0.3) is 0 Å². The first-order valence-electron chi connectivity index (χ1n) is 10.2. The minimum atomic E-state index is -0.0193. The lowest BCUT2D eigenvalue weighted by molar-refractivity contribution is -0.123. The Hall–Kier alpha value is -2.53. The van der Waals surface area contributed by atoms with E-state index in [1.54, 1.807) is 14.2 Å². The third-order valence-electron chi connectivity index (χ3n) is 5.68. The Morgan fingerprint density at radius 3 is 2.48 bits per heavy atom. The summed E-state index contributed by atoms with van der Waals surface area (Å²) in [4.78, 5) is 15.0. The van der Waals surface area contributed by atoms with E-state index < -0.39 is 0 Å². The number of aryl methyl sites for hydroxylation is 2. The number of methoxy groups -OCH3 is 2. The van der Waals surface area contributed by atoms with Crippen LogP contribution in [0.1, 0.15) is 48.1 Å². The zero-order valence-electron chi connectivity index (χ0n) is 18.1. The summed E-state index contributed by atoms with van der Waals surface area (Å²) in [5, 5.41) is 3.16. The van der Waals surface area contributed by atoms with Crippen molar-refractivity contribution in [1.29, 1.82) is 0 Å². The lowest BCUT2D eigenvalue weighted by Gasteiger charge is -2.24. The molecule has 1 amide bonds. The van der Waals surface area contributed by atoms with Crippen LogP contribution in [0.15, 0.2) is 36.4 Å². The number of hydrogen-bond acceptors (Lipinski definition) is 4. The second-order valence-electron chi connectivity index (χ2n) is 7.95. The van der Waals surface area contributed by atoms with E-state index in [4.69, 9.17) is 9.47 Å². The summed E-state index contributed by atoms with van der Waals surface area (Å²) in [7, 11) is 3.33. The Labute approximate surface area is 174 Å². The largest absolute Gasteiger partial charge is 0.497 e. The summed E-state index contributed by atoms with van der Waals surface area (Å²) in [6.07, 6.45) is 2.26. The van der Waals surface area contributed by atoms with Gasteiger partial charge in [0, 0.05) is 18.2 Å². The maximum absolute atomic E-state index is 12.8. The van der Waals surface area contributed by atoms with Crippen molar-refractivity contribution in [2.75, 3.05) is 20.8 Å². The van der Waals surface area contributed by atoms with Gasteiger partial charge in [0.2, 0.25) is 5.91 Å². The quantitative estimate of drug-likeness (QED) is 0.691. The molecule has 1 unspecified atom stereocenters. The summed E-state index contributed by atoms with van der Waals surface area (Å²) < 4.78 is 10.9. The van der Waals surface area contributed by atoms with Crippen LogP contribution in [0, 0.1) is 13.8 Å². The van der Waals surface area contributed by atoms with Gasteiger partial charge in [-0.1, -0.05) is 18.2 Å². The first-order chi connectivity index (χ1) is 13.9. The number of rotatable bonds is 9. The van der Waals surface area contributed by atoms with Gasteiger partial charge in [-0.2, -0.15) is 0 Å². The van der Waals surface area contributed by atoms with Crippen LogP contribution in [0.4, 0.5) is 0 Å². The summed E-state index contributed by atoms with van der Waals surface area (Å²) in [5.41, 5.74) is 4.68. The van der Waals surface area contributed by atoms with Gasteiger partial charge in [-0.15, -0.1) is 0 Å². The average molecular weight is 397 g/mol. The molecule has 0 radical (unpaired) electrons. The number of nitrogens with one attached hydrogen (secondary N) is 1. The molecule has 0 aliphatic heterocycles. The van der Waals surface area contributed by atoms with E-state index in [0.29, 0.717) is 19.1 Å². The van der Waals surface area contributed by atoms with Crippen LogP contribution in [0.25, 0.3) is 0 Å². The van der Waals surface area contributed by atoms with Gasteiger partial charge in [-0.25, -0.2) is 0 Å². The van der Waals surface area contributed by atoms with E-state index in [1.807, 2.05) is 25.1 Å². The van der Waals surface area contributed by atoms with E-state index in [9.17, 15) is 4.79 Å². The lowest BCUT2D eigenvalue weighted by atomic mass is 10.0. The van der Waals surface area contributed by atoms with Crippen LogP contribution in [0.2, 0.25) is 0 Å². The molecule has 0 spiro atoms. The molecule has 0 aromatic heterocycles. The maximum Gasteiger partial charge on any atom is 0.234 e. The highest BCUT2D eigenvalue weighted by atomic mass is 16.5. The highest BCUT2D eigenvalue weighted by Gasteiger charge is 2.31. The molecule has 1 fully saturated rings. The molecular weight excluding hydrogens is 364 g/mol. The van der Waals surface area contributed by atoms with Crippen LogP contribution >= 0.6 is 0 Å². The predicted molar refractivity (Wildman–Crippen MR) is 115 cm³/mol. The number of hydrogen-bond donors (Lipinski definition) is 1. The maximum atomic E-state index is 12.8. The van der Waals surface area contributed by atoms with Gasteiger partial charge < -0.3 is 14.8 Å². The van der Waals surface area contributed by atoms with Gasteiger partial charge in [-0.3, -0.25) is 9.69 Å². The molecule has 1 saturated carbocycles. The lowest BCUT2D eigenvalue weighted by Crippen LogP contribution is -2.39. The van der Waals surface area contributed by atoms with E-state index in [-0.39, 0.29) is 11.9 Å². The minimum absolute atomic E-state index is 0.0193. The van der Waals surface area contributed by atoms with Crippen molar-refractivity contribution >= 4 is 5.91 Å². The van der Waals surface area contributed by atoms with Crippen LogP contribution in [-0.4, -0.2) is 37.6 Å². The standard InChI is InChI=1S/C24H32N2O3/c1-16-6-7-19(12-17(16)2)18(3)25-24(27)15-26(21-8-9-21)14-20-13-22(28-4)10-11-23(20)29-5/h6-7,10-13,18,21H,8-9,14-15H2,1-5H3,(H,25,27). The van der Waals surface area contributed by atoms with Gasteiger partial charge in [0.05, 0.1) is 26.8 Å². The van der Waals surface area contributed by atoms with Gasteiger partial charge >= 0.3 is 0 Å². The van der Waals surface area contributed by atoms with E-state index in [0.717, 1.165) is 35.5 Å². The molecule has 1 aliphatic rings. The zero-order chi connectivity index (χ0) is 21.0. The zero-order valence-corrected chi connectivity index (χ0v) is 18.1. The number of carbonyl (C=O) groups excluding carboxylic acids is 1. The molecule has 1 aliphatic carbocycles. The first-order valence-corrected chi connectivity index (χ1v) is 10.2. The van der Waals surface area contributed by atoms with Crippen molar-refractivity contribution < 1.29 is 14.3 Å². The Morgan fingerprint density at radius 2 is 1.86 bits per heavy atom. The van der Waals surface area contributed by atoms with Crippen molar-refractivity contribution in [3.05, 3.63) is 58.7 Å². The molecule has 1 atom stereocenters. The highest BCUT2D eigenvalue weighted by Crippen LogP contribution is 2.31. The monoisotopic (exact) mass is 396 g/mol. The number of ether oxygens (including phenoxy) is 2. The van der Waals surface area contributed by atoms with E-state index in [1.165, 1.54) is 11.1 Å². The average Bonchev–Trinajstić information content (AvgIpc) is 3.54. The Kier molecular flexibility index (Phi) is 6.80. The summed E-state index contributed by atoms with van der Waals surface area (Å²) >= 11 is 0. The fourth-order valence-electron chi connectivity index (χ4n) is 3.57. The van der Waals surface area contributed by atoms with Gasteiger partial charge in [0.15, 0.2) is 0 Å². The SMILES string of the molecule is COc1ccc(OC)c(CN(CC(=O)NC(C)c2ccc(C)c(C)c2)C2CC2)c1. The molecule has 3 rings (SSSR count). The normalized spacial score (nSPS) is 14.6. The topological polar surface area (TPSA) is 50.8 Å². The second kappa shape index (κ2) is 9.31. The van der Waals surface area contributed by atoms with E-state index >= 15 is 0 Å². The Morgan fingerprint density at radius 1 is 1.10 bits per heavy atom. The number of benzene rings is 2. The third-order valence-corrected chi connectivity index (χ3v) is 5.68.